The largest absolute Gasteiger partial charge is 0.495 e. The van der Waals surface area contributed by atoms with Gasteiger partial charge in [0.1, 0.15) is 12.4 Å². The summed E-state index contributed by atoms with van der Waals surface area (Å²) in [5.41, 5.74) is 2.45. The van der Waals surface area contributed by atoms with Crippen LogP contribution in [0.3, 0.4) is 0 Å². The zero-order valence-electron chi connectivity index (χ0n) is 17.9. The van der Waals surface area contributed by atoms with Crippen LogP contribution in [0.4, 0.5) is 5.69 Å². The van der Waals surface area contributed by atoms with Crippen molar-refractivity contribution in [3.63, 3.8) is 0 Å². The first-order valence-corrected chi connectivity index (χ1v) is 12.0. The van der Waals surface area contributed by atoms with Crippen LogP contribution in [-0.2, 0) is 11.4 Å². The van der Waals surface area contributed by atoms with E-state index in [1.54, 1.807) is 26.4 Å². The Morgan fingerprint density at radius 1 is 1.00 bits per heavy atom. The van der Waals surface area contributed by atoms with Crippen molar-refractivity contribution in [1.82, 2.24) is 0 Å². The predicted octanol–water partition coefficient (Wildman–Crippen LogP) is 6.45. The molecule has 168 valence electrons. The molecule has 0 aromatic heterocycles. The predicted molar refractivity (Wildman–Crippen MR) is 140 cm³/mol. The maximum Gasteiger partial charge on any atom is 0.270 e. The summed E-state index contributed by atoms with van der Waals surface area (Å²) in [4.78, 5) is 15.2. The zero-order valence-corrected chi connectivity index (χ0v) is 21.1. The SMILES string of the molecule is COc1ccccc1N1C(=O)/C(=C\c2cc(Br)c(OCc3ccccc3)c(OC)c2)SC1=S. The van der Waals surface area contributed by atoms with Crippen LogP contribution in [0.1, 0.15) is 11.1 Å². The van der Waals surface area contributed by atoms with Gasteiger partial charge in [0.05, 0.1) is 29.3 Å². The number of carbonyl (C=O) groups is 1. The monoisotopic (exact) mass is 541 g/mol. The van der Waals surface area contributed by atoms with Crippen molar-refractivity contribution in [3.8, 4) is 17.2 Å². The van der Waals surface area contributed by atoms with Gasteiger partial charge in [-0.25, -0.2) is 0 Å². The normalized spacial score (nSPS) is 14.6. The average Bonchev–Trinajstić information content (AvgIpc) is 3.11. The molecule has 0 atom stereocenters. The number of hydrogen-bond donors (Lipinski definition) is 0. The summed E-state index contributed by atoms with van der Waals surface area (Å²) in [6, 6.07) is 20.9. The minimum absolute atomic E-state index is 0.200. The van der Waals surface area contributed by atoms with E-state index in [-0.39, 0.29) is 5.91 Å². The number of hydrogen-bond acceptors (Lipinski definition) is 6. The van der Waals surface area contributed by atoms with Gasteiger partial charge in [-0.05, 0) is 57.4 Å². The number of methoxy groups -OCH3 is 2. The van der Waals surface area contributed by atoms with Crippen LogP contribution < -0.4 is 19.1 Å². The van der Waals surface area contributed by atoms with Crippen LogP contribution in [0.2, 0.25) is 0 Å². The standard InChI is InChI=1S/C25H20BrNO4S2/c1-29-20-11-7-6-10-19(20)27-24(28)22(33-25(27)32)14-17-12-18(26)23(21(13-17)30-2)31-15-16-8-4-3-5-9-16/h3-14H,15H2,1-2H3/b22-14+. The van der Waals surface area contributed by atoms with E-state index in [2.05, 4.69) is 15.9 Å². The first-order valence-electron chi connectivity index (χ1n) is 9.97. The summed E-state index contributed by atoms with van der Waals surface area (Å²) in [7, 11) is 3.15. The van der Waals surface area contributed by atoms with Crippen LogP contribution >= 0.6 is 39.9 Å². The molecule has 1 heterocycles. The minimum Gasteiger partial charge on any atom is -0.495 e. The van der Waals surface area contributed by atoms with E-state index in [1.165, 1.54) is 16.7 Å². The van der Waals surface area contributed by atoms with E-state index >= 15 is 0 Å². The molecule has 0 bridgehead atoms. The highest BCUT2D eigenvalue weighted by Gasteiger charge is 2.35. The lowest BCUT2D eigenvalue weighted by Crippen LogP contribution is -2.27. The Bertz CT molecular complexity index is 1230. The summed E-state index contributed by atoms with van der Waals surface area (Å²) >= 11 is 10.3. The molecule has 1 aliphatic rings. The van der Waals surface area contributed by atoms with Gasteiger partial charge in [-0.3, -0.25) is 9.69 Å². The molecule has 0 aliphatic carbocycles. The molecule has 3 aromatic carbocycles. The van der Waals surface area contributed by atoms with Crippen molar-refractivity contribution < 1.29 is 19.0 Å². The molecule has 1 aliphatic heterocycles. The maximum absolute atomic E-state index is 13.2. The fraction of sp³-hybridized carbons (Fsp3) is 0.120. The van der Waals surface area contributed by atoms with Crippen LogP contribution in [0.25, 0.3) is 6.08 Å². The molecule has 5 nitrogen and oxygen atoms in total. The van der Waals surface area contributed by atoms with E-state index in [0.29, 0.717) is 38.8 Å². The second kappa shape index (κ2) is 10.4. The summed E-state index contributed by atoms with van der Waals surface area (Å²) in [5, 5.41) is 0. The third kappa shape index (κ3) is 5.08. The van der Waals surface area contributed by atoms with Crippen molar-refractivity contribution in [1.29, 1.82) is 0 Å². The molecule has 0 radical (unpaired) electrons. The fourth-order valence-electron chi connectivity index (χ4n) is 3.33. The van der Waals surface area contributed by atoms with Gasteiger partial charge in [-0.1, -0.05) is 66.4 Å². The number of nitrogens with zero attached hydrogens (tertiary/aromatic N) is 1. The Hall–Kier alpha value is -2.81. The van der Waals surface area contributed by atoms with E-state index in [1.807, 2.05) is 60.7 Å². The zero-order chi connectivity index (χ0) is 23.4. The molecule has 0 spiro atoms. The highest BCUT2D eigenvalue weighted by Crippen LogP contribution is 2.42. The van der Waals surface area contributed by atoms with Gasteiger partial charge < -0.3 is 14.2 Å². The maximum atomic E-state index is 13.2. The molecule has 0 N–H and O–H groups in total. The first-order chi connectivity index (χ1) is 16.0. The topological polar surface area (TPSA) is 48.0 Å². The van der Waals surface area contributed by atoms with Gasteiger partial charge in [-0.2, -0.15) is 0 Å². The second-order valence-corrected chi connectivity index (χ2v) is 9.53. The van der Waals surface area contributed by atoms with Crippen molar-refractivity contribution in [2.75, 3.05) is 19.1 Å². The molecule has 33 heavy (non-hydrogen) atoms. The molecule has 0 saturated carbocycles. The van der Waals surface area contributed by atoms with Crippen molar-refractivity contribution >= 4 is 61.9 Å². The molecule has 4 rings (SSSR count). The van der Waals surface area contributed by atoms with E-state index in [9.17, 15) is 4.79 Å². The molecule has 3 aromatic rings. The molecule has 1 amide bonds. The summed E-state index contributed by atoms with van der Waals surface area (Å²) in [6.07, 6.45) is 1.79. The number of rotatable bonds is 7. The van der Waals surface area contributed by atoms with Gasteiger partial charge in [0.25, 0.3) is 5.91 Å². The quantitative estimate of drug-likeness (QED) is 0.253. The number of thioether (sulfide) groups is 1. The third-order valence-electron chi connectivity index (χ3n) is 4.90. The number of para-hydroxylation sites is 2. The van der Waals surface area contributed by atoms with Crippen LogP contribution in [0.15, 0.2) is 76.1 Å². The number of halogens is 1. The Balaban J connectivity index is 1.60. The molecule has 8 heteroatoms. The molecule has 0 unspecified atom stereocenters. The lowest BCUT2D eigenvalue weighted by atomic mass is 10.1. The summed E-state index contributed by atoms with van der Waals surface area (Å²) < 4.78 is 18.1. The lowest BCUT2D eigenvalue weighted by molar-refractivity contribution is -0.113. The summed E-state index contributed by atoms with van der Waals surface area (Å²) in [6.45, 7) is 0.409. The van der Waals surface area contributed by atoms with Gasteiger partial charge in [-0.15, -0.1) is 0 Å². The Morgan fingerprint density at radius 3 is 2.42 bits per heavy atom. The summed E-state index contributed by atoms with van der Waals surface area (Å²) in [5.74, 6) is 1.54. The Labute approximate surface area is 210 Å². The van der Waals surface area contributed by atoms with Gasteiger partial charge in [0, 0.05) is 0 Å². The smallest absolute Gasteiger partial charge is 0.270 e. The van der Waals surface area contributed by atoms with Crippen molar-refractivity contribution in [2.45, 2.75) is 6.61 Å². The van der Waals surface area contributed by atoms with Crippen LogP contribution in [-0.4, -0.2) is 24.4 Å². The van der Waals surface area contributed by atoms with Crippen molar-refractivity contribution in [3.05, 3.63) is 87.2 Å². The van der Waals surface area contributed by atoms with Crippen LogP contribution in [0, 0.1) is 0 Å². The third-order valence-corrected chi connectivity index (χ3v) is 6.79. The van der Waals surface area contributed by atoms with Crippen molar-refractivity contribution in [2.24, 2.45) is 0 Å². The number of carbonyl (C=O) groups excluding carboxylic acids is 1. The van der Waals surface area contributed by atoms with Gasteiger partial charge in [0.2, 0.25) is 0 Å². The number of benzene rings is 3. The fourth-order valence-corrected chi connectivity index (χ4v) is 5.19. The van der Waals surface area contributed by atoms with E-state index in [4.69, 9.17) is 26.4 Å². The number of anilines is 1. The van der Waals surface area contributed by atoms with E-state index in [0.717, 1.165) is 15.6 Å². The molecular weight excluding hydrogens is 522 g/mol. The average molecular weight is 542 g/mol. The number of amides is 1. The molecule has 1 saturated heterocycles. The highest BCUT2D eigenvalue weighted by molar-refractivity contribution is 9.10. The minimum atomic E-state index is -0.200. The highest BCUT2D eigenvalue weighted by atomic mass is 79.9. The number of ether oxygens (including phenoxy) is 3. The second-order valence-electron chi connectivity index (χ2n) is 7.00. The Kier molecular flexibility index (Phi) is 7.37. The Morgan fingerprint density at radius 2 is 1.70 bits per heavy atom. The lowest BCUT2D eigenvalue weighted by Gasteiger charge is -2.17. The van der Waals surface area contributed by atoms with Crippen LogP contribution in [0.5, 0.6) is 17.2 Å². The van der Waals surface area contributed by atoms with E-state index < -0.39 is 0 Å². The van der Waals surface area contributed by atoms with Gasteiger partial charge >= 0.3 is 0 Å². The number of thiocarbonyl (C=S) groups is 1. The first kappa shape index (κ1) is 23.4. The molecule has 1 fully saturated rings. The molecular formula is C25H20BrNO4S2. The van der Waals surface area contributed by atoms with Gasteiger partial charge in [0.15, 0.2) is 15.8 Å².